The van der Waals surface area contributed by atoms with Crippen molar-refractivity contribution in [3.63, 3.8) is 0 Å². The lowest BCUT2D eigenvalue weighted by Gasteiger charge is -2.51. The number of anilines is 2. The summed E-state index contributed by atoms with van der Waals surface area (Å²) in [5.74, 6) is 1.29. The number of amides is 2. The molecule has 3 N–H and O–H groups in total. The molecule has 396 valence electrons. The van der Waals surface area contributed by atoms with Crippen LogP contribution in [0.2, 0.25) is 0 Å². The number of benzene rings is 2. The molecule has 96 heavy (non-hydrogen) atoms. The van der Waals surface area contributed by atoms with Crippen molar-refractivity contribution in [2.45, 2.75) is 32.9 Å². The van der Waals surface area contributed by atoms with E-state index < -0.39 is 107 Å². The van der Waals surface area contributed by atoms with Gasteiger partial charge in [0, 0.05) is 309 Å². The molecule has 0 unspecified atom stereocenters. The van der Waals surface area contributed by atoms with Crippen LogP contribution in [0.25, 0.3) is 4.85 Å². The quantitative estimate of drug-likeness (QED) is 0.0967. The molecule has 0 saturated heterocycles. The first-order chi connectivity index (χ1) is 45.6. The fourth-order valence-corrected chi connectivity index (χ4v) is 8.70. The lowest BCUT2D eigenvalue weighted by molar-refractivity contribution is -0.118. The van der Waals surface area contributed by atoms with Gasteiger partial charge in [0.25, 0.3) is 5.91 Å². The van der Waals surface area contributed by atoms with E-state index in [-0.39, 0.29) is 12.5 Å². The van der Waals surface area contributed by atoms with Gasteiger partial charge in [-0.2, -0.15) is 0 Å². The molecule has 0 atom stereocenters. The molecule has 0 saturated carbocycles. The Bertz CT molecular complexity index is 4160. The summed E-state index contributed by atoms with van der Waals surface area (Å²) in [4.78, 5) is 25.7. The molecular weight excluding hydrogens is 1140 g/mol. The number of alkyl carbamates (subject to hydrolysis) is 1. The smallest absolute Gasteiger partial charge is 0.407 e. The Kier molecular flexibility index (Phi) is 43.5. The first kappa shape index (κ1) is 85.3. The number of ether oxygens (including phenoxy) is 3. The first-order valence-corrected chi connectivity index (χ1v) is 28.4. The highest BCUT2D eigenvalue weighted by Gasteiger charge is 2.53. The molecule has 0 aliphatic carbocycles. The van der Waals surface area contributed by atoms with Crippen molar-refractivity contribution < 1.29 is 23.8 Å². The number of carbonyl (C=O) groups excluding carboxylic acids is 2. The van der Waals surface area contributed by atoms with Crippen LogP contribution in [0, 0.1) is 6.57 Å². The van der Waals surface area contributed by atoms with Gasteiger partial charge in [-0.25, -0.2) is 9.64 Å². The maximum absolute atomic E-state index is 11.5. The van der Waals surface area contributed by atoms with Gasteiger partial charge in [0.15, 0.2) is 12.3 Å². The molecular formula is C55H30B32N4O5. The predicted molar refractivity (Wildman–Crippen MR) is 421 cm³/mol. The molecule has 2 aromatic rings. The SMILES string of the molecule is C=C=C=C=C=C=C=C=C=C=C=C=C=C=C=C=C=C=C=C=C=C=C=C=C=C=C=C=C=C=C=C.CC(C)(C)OC(=O)NCc1ccc2c(c1)NCCO2.[B]B([B])B([B])B(B([B])[B])B(B(B([B])[B])B([B])[B])B(B(B([B])[B])B([B])[B])B(B([B])[B])B([B])[B].[C-]#[N+]c1ccc2c(c1)NC(=O)CO2. The molecule has 0 spiro atoms. The van der Waals surface area contributed by atoms with E-state index in [0.29, 0.717) is 30.3 Å². The zero-order valence-corrected chi connectivity index (χ0v) is 53.2. The molecule has 2 aliphatic heterocycles. The summed E-state index contributed by atoms with van der Waals surface area (Å²) in [5, 5.41) is 8.62. The van der Waals surface area contributed by atoms with E-state index in [1.165, 1.54) is 0 Å². The van der Waals surface area contributed by atoms with Crippen molar-refractivity contribution in [1.82, 2.24) is 5.32 Å². The van der Waals surface area contributed by atoms with Crippen molar-refractivity contribution in [3.05, 3.63) is 238 Å². The van der Waals surface area contributed by atoms with Crippen LogP contribution in [0.1, 0.15) is 26.3 Å². The molecule has 0 bridgehead atoms. The highest BCUT2D eigenvalue weighted by molar-refractivity contribution is 8.28. The topological polar surface area (TPSA) is 102 Å². The van der Waals surface area contributed by atoms with Crippen molar-refractivity contribution in [2.75, 3.05) is 30.4 Å². The largest absolute Gasteiger partial charge is 0.490 e. The highest BCUT2D eigenvalue weighted by Crippen LogP contribution is 2.31. The van der Waals surface area contributed by atoms with Crippen molar-refractivity contribution in [3.8, 4) is 11.5 Å². The standard InChI is InChI=1S/C32H4.C14H20N2O3.C9H6N2O2.B32/c1-3-5-7-9-11-13-15-17-19-21-23-25-27-29-31-32-30-28-26-24-22-20-18-16-14-12-10-8-6-4-2;1-14(2,3)19-13(17)16-9-10-4-5-12-11(8-10)15-6-7-18-12;1-10-6-2-3-8-7(4-6)11-9(12)5-13-8;1-18(2)26(17)30(25(15)16)32(29(23(11)12)24(13)14)31(27(19(3)4)20(5)6)28(21(7)8)22(9)10/h1-2H2;4-5,8,15H,6-7,9H2,1-3H3,(H,16,17);2-4H,5H2,(H,11,12);. The third kappa shape index (κ3) is 35.7. The van der Waals surface area contributed by atoms with Crippen LogP contribution in [0.3, 0.4) is 0 Å². The van der Waals surface area contributed by atoms with Crippen LogP contribution in [0.4, 0.5) is 21.9 Å². The Morgan fingerprint density at radius 3 is 1.18 bits per heavy atom. The molecule has 2 amide bonds. The number of hydrogen-bond donors (Lipinski definition) is 3. The van der Waals surface area contributed by atoms with Crippen LogP contribution in [0.5, 0.6) is 11.5 Å². The average molecular weight is 1170 g/mol. The number of nitrogens with one attached hydrogen (secondary N) is 3. The predicted octanol–water partition coefficient (Wildman–Crippen LogP) is -2.65. The number of rotatable bonds is 16. The zero-order valence-electron chi connectivity index (χ0n) is 53.2. The first-order valence-electron chi connectivity index (χ1n) is 28.4. The van der Waals surface area contributed by atoms with Crippen LogP contribution in [-0.2, 0) is 16.1 Å². The number of fused-ring (bicyclic) bond motifs is 2. The molecule has 41 heteroatoms. The van der Waals surface area contributed by atoms with E-state index in [4.69, 9.17) is 152 Å². The molecule has 0 fully saturated rings. The van der Waals surface area contributed by atoms with Crippen molar-refractivity contribution >= 4 is 256 Å². The van der Waals surface area contributed by atoms with Crippen LogP contribution >= 0.6 is 0 Å². The van der Waals surface area contributed by atoms with E-state index in [1.807, 2.05) is 39.0 Å². The monoisotopic (exact) mass is 1180 g/mol. The minimum atomic E-state index is -1.11. The zero-order chi connectivity index (χ0) is 72.0. The van der Waals surface area contributed by atoms with E-state index in [9.17, 15) is 9.59 Å². The summed E-state index contributed by atoms with van der Waals surface area (Å²) in [5.41, 5.74) is 76.9. The van der Waals surface area contributed by atoms with Gasteiger partial charge in [0.05, 0.1) is 17.9 Å². The van der Waals surface area contributed by atoms with Gasteiger partial charge in [-0.3, -0.25) is 4.79 Å². The minimum Gasteiger partial charge on any atom is -0.490 e. The normalized spacial score (nSPS) is 9.04. The van der Waals surface area contributed by atoms with Gasteiger partial charge in [-0.15, -0.1) is 0 Å². The Labute approximate surface area is 594 Å². The summed E-state index contributed by atoms with van der Waals surface area (Å²) in [6.07, 6.45) is -15.6. The Balaban J connectivity index is 0.000000671. The Morgan fingerprint density at radius 2 is 0.844 bits per heavy atom. The van der Waals surface area contributed by atoms with Gasteiger partial charge in [0.1, 0.15) is 23.7 Å². The lowest BCUT2D eigenvalue weighted by Crippen LogP contribution is -2.89. The number of nitrogens with zero attached hydrogens (tertiary/aromatic N) is 1. The average Bonchev–Trinajstić information content (AvgIpc) is 0.764. The highest BCUT2D eigenvalue weighted by atomic mass is 16.6. The Morgan fingerprint density at radius 1 is 0.500 bits per heavy atom. The maximum Gasteiger partial charge on any atom is 0.407 e. The summed E-state index contributed by atoms with van der Waals surface area (Å²) in [6.45, 7) is 20.9. The van der Waals surface area contributed by atoms with Gasteiger partial charge < -0.3 is 30.2 Å². The van der Waals surface area contributed by atoms with Crippen molar-refractivity contribution in [2.24, 2.45) is 0 Å². The van der Waals surface area contributed by atoms with Crippen LogP contribution in [-0.4, -0.2) is 265 Å². The molecule has 34 radical (unpaired) electrons. The summed E-state index contributed by atoms with van der Waals surface area (Å²) in [6, 6.07) is 10.8. The lowest BCUT2D eigenvalue weighted by atomic mass is 8.30. The Hall–Kier alpha value is -8.71. The summed E-state index contributed by atoms with van der Waals surface area (Å²) < 4.78 is 15.8. The molecule has 0 aromatic heterocycles. The number of hydrogen-bond acceptors (Lipinski definition) is 6. The van der Waals surface area contributed by atoms with Gasteiger partial charge in [-0.1, -0.05) is 23.6 Å². The molecule has 2 aliphatic rings. The van der Waals surface area contributed by atoms with Crippen LogP contribution < -0.4 is 25.4 Å². The summed E-state index contributed by atoms with van der Waals surface area (Å²) >= 11 is 0. The third-order valence-corrected chi connectivity index (χ3v) is 12.4. The van der Waals surface area contributed by atoms with E-state index in [1.54, 1.807) is 18.2 Å². The maximum atomic E-state index is 11.5. The van der Waals surface area contributed by atoms with Crippen molar-refractivity contribution in [1.29, 1.82) is 0 Å². The fourth-order valence-electron chi connectivity index (χ4n) is 8.70. The van der Waals surface area contributed by atoms with Gasteiger partial charge in [-0.05, 0) is 155 Å². The fraction of sp³-hybridized carbons (Fsp3) is 0.145. The third-order valence-electron chi connectivity index (χ3n) is 12.4. The van der Waals surface area contributed by atoms with Gasteiger partial charge in [0.2, 0.25) is 0 Å². The van der Waals surface area contributed by atoms with E-state index in [2.05, 4.69) is 206 Å². The number of carbonyl (C=O) groups is 2. The molecule has 4 rings (SSSR count). The second-order valence-corrected chi connectivity index (χ2v) is 20.6. The second-order valence-electron chi connectivity index (χ2n) is 20.6. The van der Waals surface area contributed by atoms with E-state index in [0.717, 1.165) is 23.5 Å². The molecule has 9 nitrogen and oxygen atoms in total. The van der Waals surface area contributed by atoms with E-state index >= 15 is 0 Å². The van der Waals surface area contributed by atoms with Gasteiger partial charge >= 0.3 is 6.09 Å². The molecule has 2 heterocycles. The van der Waals surface area contributed by atoms with Crippen LogP contribution in [0.15, 0.2) is 221 Å². The molecule has 2 aromatic carbocycles. The second kappa shape index (κ2) is 48.9. The summed E-state index contributed by atoms with van der Waals surface area (Å²) in [7, 11) is 103. The minimum absolute atomic E-state index is 0.0460.